The van der Waals surface area contributed by atoms with Crippen molar-refractivity contribution < 1.29 is 14.0 Å². The van der Waals surface area contributed by atoms with Crippen LogP contribution in [0.15, 0.2) is 28.9 Å². The molecule has 5 heteroatoms. The Morgan fingerprint density at radius 3 is 2.58 bits per heavy atom. The molecule has 2 amide bonds. The van der Waals surface area contributed by atoms with E-state index < -0.39 is 0 Å². The Morgan fingerprint density at radius 1 is 1.12 bits per heavy atom. The van der Waals surface area contributed by atoms with E-state index in [9.17, 15) is 9.59 Å². The lowest BCUT2D eigenvalue weighted by Crippen LogP contribution is -2.41. The zero-order valence-corrected chi connectivity index (χ0v) is 15.5. The number of nitrogens with zero attached hydrogens (tertiary/aromatic N) is 1. The molecule has 1 aromatic heterocycles. The molecular weight excluding hydrogens is 328 g/mol. The molecule has 0 aromatic carbocycles. The lowest BCUT2D eigenvalue weighted by atomic mass is 9.87. The topological polar surface area (TPSA) is 62.6 Å². The summed E-state index contributed by atoms with van der Waals surface area (Å²) < 4.78 is 5.20. The van der Waals surface area contributed by atoms with Gasteiger partial charge in [-0.3, -0.25) is 9.59 Å². The van der Waals surface area contributed by atoms with E-state index in [0.717, 1.165) is 32.5 Å². The molecule has 5 nitrogen and oxygen atoms in total. The maximum Gasteiger partial charge on any atom is 0.246 e. The van der Waals surface area contributed by atoms with Crippen molar-refractivity contribution >= 4 is 17.9 Å². The van der Waals surface area contributed by atoms with E-state index in [0.29, 0.717) is 24.0 Å². The molecule has 2 heterocycles. The fourth-order valence-electron chi connectivity index (χ4n) is 3.99. The first-order valence-corrected chi connectivity index (χ1v) is 9.98. The van der Waals surface area contributed by atoms with E-state index in [1.54, 1.807) is 24.5 Å². The minimum absolute atomic E-state index is 0.0289. The molecule has 142 valence electrons. The molecule has 26 heavy (non-hydrogen) atoms. The van der Waals surface area contributed by atoms with Crippen molar-refractivity contribution in [1.29, 1.82) is 0 Å². The third-order valence-corrected chi connectivity index (χ3v) is 5.65. The predicted octanol–water partition coefficient (Wildman–Crippen LogP) is 3.62. The molecule has 0 bridgehead atoms. The standard InChI is InChI=1S/C21H30N2O3/c24-20(15-17-5-2-1-3-6-17)22-16-18-10-12-23(13-11-18)21(25)9-8-19-7-4-14-26-19/h4,7-9,14,17-18H,1-3,5-6,10-13,15-16H2,(H,22,24)/b9-8+. The molecule has 2 fully saturated rings. The average molecular weight is 358 g/mol. The van der Waals surface area contributed by atoms with Crippen LogP contribution in [0.3, 0.4) is 0 Å². The van der Waals surface area contributed by atoms with Gasteiger partial charge in [-0.05, 0) is 55.7 Å². The number of nitrogens with one attached hydrogen (secondary N) is 1. The van der Waals surface area contributed by atoms with Crippen molar-refractivity contribution in [2.24, 2.45) is 11.8 Å². The van der Waals surface area contributed by atoms with Crippen molar-refractivity contribution in [2.75, 3.05) is 19.6 Å². The van der Waals surface area contributed by atoms with Crippen LogP contribution in [0.2, 0.25) is 0 Å². The van der Waals surface area contributed by atoms with Gasteiger partial charge in [-0.2, -0.15) is 0 Å². The van der Waals surface area contributed by atoms with Gasteiger partial charge in [0.2, 0.25) is 11.8 Å². The van der Waals surface area contributed by atoms with Crippen LogP contribution in [0.1, 0.15) is 57.1 Å². The number of likely N-dealkylation sites (tertiary alicyclic amines) is 1. The predicted molar refractivity (Wildman–Crippen MR) is 101 cm³/mol. The number of carbonyl (C=O) groups is 2. The summed E-state index contributed by atoms with van der Waals surface area (Å²) in [6.07, 6.45) is 13.8. The van der Waals surface area contributed by atoms with Crippen LogP contribution in [0.25, 0.3) is 6.08 Å². The Labute approximate surface area is 155 Å². The van der Waals surface area contributed by atoms with E-state index in [4.69, 9.17) is 4.42 Å². The SMILES string of the molecule is O=C(CC1CCCCC1)NCC1CCN(C(=O)/C=C/c2ccco2)CC1. The van der Waals surface area contributed by atoms with E-state index >= 15 is 0 Å². The summed E-state index contributed by atoms with van der Waals surface area (Å²) in [6, 6.07) is 3.63. The molecule has 1 aromatic rings. The third-order valence-electron chi connectivity index (χ3n) is 5.65. The summed E-state index contributed by atoms with van der Waals surface area (Å²) in [4.78, 5) is 26.2. The highest BCUT2D eigenvalue weighted by molar-refractivity contribution is 5.91. The first-order valence-electron chi connectivity index (χ1n) is 9.98. The first kappa shape index (κ1) is 18.7. The van der Waals surface area contributed by atoms with Crippen molar-refractivity contribution in [3.8, 4) is 0 Å². The average Bonchev–Trinajstić information content (AvgIpc) is 3.19. The smallest absolute Gasteiger partial charge is 0.246 e. The lowest BCUT2D eigenvalue weighted by Gasteiger charge is -2.31. The first-order chi connectivity index (χ1) is 12.7. The van der Waals surface area contributed by atoms with Gasteiger partial charge >= 0.3 is 0 Å². The molecule has 0 radical (unpaired) electrons. The molecule has 1 aliphatic carbocycles. The van der Waals surface area contributed by atoms with Gasteiger partial charge in [0.15, 0.2) is 0 Å². The van der Waals surface area contributed by atoms with Crippen LogP contribution >= 0.6 is 0 Å². The number of rotatable bonds is 6. The maximum atomic E-state index is 12.2. The summed E-state index contributed by atoms with van der Waals surface area (Å²) in [6.45, 7) is 2.25. The number of hydrogen-bond donors (Lipinski definition) is 1. The monoisotopic (exact) mass is 358 g/mol. The summed E-state index contributed by atoms with van der Waals surface area (Å²) in [5.74, 6) is 1.99. The van der Waals surface area contributed by atoms with Crippen LogP contribution in [-0.4, -0.2) is 36.3 Å². The largest absolute Gasteiger partial charge is 0.465 e. The molecule has 0 atom stereocenters. The Hall–Kier alpha value is -2.04. The highest BCUT2D eigenvalue weighted by atomic mass is 16.3. The molecule has 3 rings (SSSR count). The third kappa shape index (κ3) is 5.75. The van der Waals surface area contributed by atoms with Gasteiger partial charge in [0.25, 0.3) is 0 Å². The zero-order valence-electron chi connectivity index (χ0n) is 15.5. The van der Waals surface area contributed by atoms with Gasteiger partial charge in [0, 0.05) is 32.1 Å². The fraction of sp³-hybridized carbons (Fsp3) is 0.619. The maximum absolute atomic E-state index is 12.2. The molecule has 1 saturated heterocycles. The lowest BCUT2D eigenvalue weighted by molar-refractivity contribution is -0.127. The van der Waals surface area contributed by atoms with Crippen molar-refractivity contribution in [2.45, 2.75) is 51.4 Å². The van der Waals surface area contributed by atoms with Crippen LogP contribution in [0.5, 0.6) is 0 Å². The molecule has 0 unspecified atom stereocenters. The summed E-state index contributed by atoms with van der Waals surface area (Å²) in [5, 5.41) is 3.12. The van der Waals surface area contributed by atoms with Crippen LogP contribution in [0, 0.1) is 11.8 Å². The highest BCUT2D eigenvalue weighted by Crippen LogP contribution is 2.26. The van der Waals surface area contributed by atoms with Gasteiger partial charge in [-0.25, -0.2) is 0 Å². The molecule has 1 saturated carbocycles. The highest BCUT2D eigenvalue weighted by Gasteiger charge is 2.23. The second-order valence-corrected chi connectivity index (χ2v) is 7.63. The quantitative estimate of drug-likeness (QED) is 0.790. The number of hydrogen-bond acceptors (Lipinski definition) is 3. The number of carbonyl (C=O) groups excluding carboxylic acids is 2. The number of furan rings is 1. The number of piperidine rings is 1. The van der Waals surface area contributed by atoms with E-state index in [-0.39, 0.29) is 11.8 Å². The Bertz CT molecular complexity index is 595. The van der Waals surface area contributed by atoms with Gasteiger partial charge in [-0.15, -0.1) is 0 Å². The minimum atomic E-state index is 0.0289. The summed E-state index contributed by atoms with van der Waals surface area (Å²) in [7, 11) is 0. The van der Waals surface area contributed by atoms with Crippen LogP contribution < -0.4 is 5.32 Å². The minimum Gasteiger partial charge on any atom is -0.465 e. The Morgan fingerprint density at radius 2 is 1.88 bits per heavy atom. The van der Waals surface area contributed by atoms with E-state index in [2.05, 4.69) is 5.32 Å². The van der Waals surface area contributed by atoms with Crippen molar-refractivity contribution in [1.82, 2.24) is 10.2 Å². The molecular formula is C21H30N2O3. The molecule has 0 spiro atoms. The van der Waals surface area contributed by atoms with Gasteiger partial charge in [0.1, 0.15) is 5.76 Å². The van der Waals surface area contributed by atoms with Gasteiger partial charge in [0.05, 0.1) is 6.26 Å². The van der Waals surface area contributed by atoms with Crippen molar-refractivity contribution in [3.05, 3.63) is 30.2 Å². The Balaban J connectivity index is 1.33. The van der Waals surface area contributed by atoms with Crippen LogP contribution in [-0.2, 0) is 9.59 Å². The summed E-state index contributed by atoms with van der Waals surface area (Å²) >= 11 is 0. The normalized spacial score (nSPS) is 19.8. The number of amides is 2. The molecule has 2 aliphatic rings. The van der Waals surface area contributed by atoms with E-state index in [1.807, 2.05) is 11.0 Å². The Kier molecular flexibility index (Phi) is 6.92. The second-order valence-electron chi connectivity index (χ2n) is 7.63. The van der Waals surface area contributed by atoms with Crippen molar-refractivity contribution in [3.63, 3.8) is 0 Å². The van der Waals surface area contributed by atoms with E-state index in [1.165, 1.54) is 32.1 Å². The summed E-state index contributed by atoms with van der Waals surface area (Å²) in [5.41, 5.74) is 0. The molecule has 1 N–H and O–H groups in total. The van der Waals surface area contributed by atoms with Gasteiger partial charge < -0.3 is 14.6 Å². The van der Waals surface area contributed by atoms with Gasteiger partial charge in [-0.1, -0.05) is 19.3 Å². The van der Waals surface area contributed by atoms with Crippen LogP contribution in [0.4, 0.5) is 0 Å². The fourth-order valence-corrected chi connectivity index (χ4v) is 3.99. The second kappa shape index (κ2) is 9.60. The molecule has 1 aliphatic heterocycles. The zero-order chi connectivity index (χ0) is 18.2.